The summed E-state index contributed by atoms with van der Waals surface area (Å²) >= 11 is 1.33. The van der Waals surface area contributed by atoms with Gasteiger partial charge in [-0.1, -0.05) is 0 Å². The van der Waals surface area contributed by atoms with Crippen LogP contribution in [0.3, 0.4) is 0 Å². The summed E-state index contributed by atoms with van der Waals surface area (Å²) in [7, 11) is 1.66. The Balaban J connectivity index is 4.42. The Morgan fingerprint density at radius 1 is 1.47 bits per heavy atom. The lowest BCUT2D eigenvalue weighted by Crippen LogP contribution is -2.46. The molecule has 0 fully saturated rings. The third-order valence-electron chi connectivity index (χ3n) is 2.19. The van der Waals surface area contributed by atoms with Crippen molar-refractivity contribution in [2.75, 3.05) is 19.8 Å². The Kier molecular flexibility index (Phi) is 8.43. The van der Waals surface area contributed by atoms with E-state index in [1.54, 1.807) is 13.3 Å². The smallest absolute Gasteiger partial charge is 0.234 e. The molecule has 0 radical (unpaired) electrons. The maximum Gasteiger partial charge on any atom is 0.234 e. The van der Waals surface area contributed by atoms with E-state index in [0.29, 0.717) is 6.42 Å². The highest BCUT2D eigenvalue weighted by Crippen LogP contribution is 2.13. The molecule has 0 aliphatic carbocycles. The Hall–Kier alpha value is -1.08. The van der Waals surface area contributed by atoms with Crippen LogP contribution in [0.1, 0.15) is 12.8 Å². The second-order valence-electron chi connectivity index (χ2n) is 3.55. The number of thioether (sulfide) groups is 1. The van der Waals surface area contributed by atoms with Gasteiger partial charge >= 0.3 is 0 Å². The van der Waals surface area contributed by atoms with Gasteiger partial charge in [0.1, 0.15) is 6.29 Å². The molecule has 0 heterocycles. The van der Waals surface area contributed by atoms with E-state index in [0.717, 1.165) is 6.29 Å². The van der Waals surface area contributed by atoms with E-state index >= 15 is 0 Å². The Labute approximate surface area is 105 Å². The van der Waals surface area contributed by atoms with E-state index < -0.39 is 5.91 Å². The first-order valence-corrected chi connectivity index (χ1v) is 6.54. The maximum atomic E-state index is 11.4. The van der Waals surface area contributed by atoms with E-state index in [9.17, 15) is 14.4 Å². The van der Waals surface area contributed by atoms with Crippen LogP contribution in [0.15, 0.2) is 0 Å². The first kappa shape index (κ1) is 15.9. The van der Waals surface area contributed by atoms with Crippen LogP contribution in [0.2, 0.25) is 0 Å². The Morgan fingerprint density at radius 2 is 2.12 bits per heavy atom. The SMILES string of the molecule is CNCC(=O)NC(CCC(N)=O)C(C=O)SC. The summed E-state index contributed by atoms with van der Waals surface area (Å²) in [5.74, 6) is -0.647. The Bertz CT molecular complexity index is 274. The van der Waals surface area contributed by atoms with Crippen LogP contribution in [0.4, 0.5) is 0 Å². The van der Waals surface area contributed by atoms with Crippen molar-refractivity contribution in [3.8, 4) is 0 Å². The molecule has 0 bridgehead atoms. The fourth-order valence-electron chi connectivity index (χ4n) is 1.35. The molecule has 0 aliphatic rings. The van der Waals surface area contributed by atoms with Crippen LogP contribution in [0.5, 0.6) is 0 Å². The zero-order valence-corrected chi connectivity index (χ0v) is 10.9. The molecule has 0 saturated carbocycles. The van der Waals surface area contributed by atoms with Gasteiger partial charge in [-0.3, -0.25) is 9.59 Å². The molecule has 0 spiro atoms. The molecule has 0 aliphatic heterocycles. The summed E-state index contributed by atoms with van der Waals surface area (Å²) in [5, 5.41) is 5.06. The molecule has 0 aromatic carbocycles. The van der Waals surface area contributed by atoms with Gasteiger partial charge in [-0.25, -0.2) is 0 Å². The molecule has 4 N–H and O–H groups in total. The number of primary amides is 1. The predicted molar refractivity (Wildman–Crippen MR) is 67.7 cm³/mol. The summed E-state index contributed by atoms with van der Waals surface area (Å²) in [4.78, 5) is 33.0. The molecule has 17 heavy (non-hydrogen) atoms. The number of nitrogens with one attached hydrogen (secondary N) is 2. The van der Waals surface area contributed by atoms with Crippen molar-refractivity contribution < 1.29 is 14.4 Å². The molecule has 0 aromatic heterocycles. The van der Waals surface area contributed by atoms with Gasteiger partial charge in [-0.05, 0) is 19.7 Å². The predicted octanol–water partition coefficient (Wildman–Crippen LogP) is -1.11. The molecule has 2 unspecified atom stereocenters. The number of hydrogen-bond acceptors (Lipinski definition) is 5. The second kappa shape index (κ2) is 9.00. The molecular formula is C10H19N3O3S. The summed E-state index contributed by atoms with van der Waals surface area (Å²) < 4.78 is 0. The lowest BCUT2D eigenvalue weighted by molar-refractivity contribution is -0.122. The number of carbonyl (C=O) groups is 3. The highest BCUT2D eigenvalue weighted by molar-refractivity contribution is 7.99. The van der Waals surface area contributed by atoms with Gasteiger partial charge in [-0.15, -0.1) is 0 Å². The average Bonchev–Trinajstić information content (AvgIpc) is 2.27. The van der Waals surface area contributed by atoms with Crippen LogP contribution in [0.25, 0.3) is 0 Å². The van der Waals surface area contributed by atoms with Gasteiger partial charge in [0.15, 0.2) is 0 Å². The monoisotopic (exact) mass is 261 g/mol. The molecule has 2 amide bonds. The van der Waals surface area contributed by atoms with Gasteiger partial charge in [-0.2, -0.15) is 11.8 Å². The number of likely N-dealkylation sites (N-methyl/N-ethyl adjacent to an activating group) is 1. The molecule has 0 aromatic rings. The van der Waals surface area contributed by atoms with E-state index in [4.69, 9.17) is 5.73 Å². The normalized spacial score (nSPS) is 13.8. The number of amides is 2. The van der Waals surface area contributed by atoms with Gasteiger partial charge in [0.25, 0.3) is 0 Å². The van der Waals surface area contributed by atoms with E-state index in [2.05, 4.69) is 10.6 Å². The lowest BCUT2D eigenvalue weighted by atomic mass is 10.1. The van der Waals surface area contributed by atoms with Crippen molar-refractivity contribution in [3.63, 3.8) is 0 Å². The molecule has 0 saturated heterocycles. The standard InChI is InChI=1S/C10H19N3O3S/c1-12-5-10(16)13-7(3-4-9(11)15)8(6-14)17-2/h6-8,12H,3-5H2,1-2H3,(H2,11,15)(H,13,16). The number of aldehydes is 1. The first-order valence-electron chi connectivity index (χ1n) is 5.25. The maximum absolute atomic E-state index is 11.4. The van der Waals surface area contributed by atoms with Gasteiger partial charge in [0, 0.05) is 12.5 Å². The van der Waals surface area contributed by atoms with Crippen LogP contribution in [-0.2, 0) is 14.4 Å². The van der Waals surface area contributed by atoms with Crippen LogP contribution >= 0.6 is 11.8 Å². The fraction of sp³-hybridized carbons (Fsp3) is 0.700. The minimum Gasteiger partial charge on any atom is -0.370 e. The minimum atomic E-state index is -0.441. The van der Waals surface area contributed by atoms with Crippen molar-refractivity contribution in [1.82, 2.24) is 10.6 Å². The summed E-state index contributed by atoms with van der Waals surface area (Å²) in [5.41, 5.74) is 5.05. The highest BCUT2D eigenvalue weighted by atomic mass is 32.2. The molecule has 7 heteroatoms. The minimum absolute atomic E-state index is 0.148. The lowest BCUT2D eigenvalue weighted by Gasteiger charge is -2.22. The largest absolute Gasteiger partial charge is 0.370 e. The van der Waals surface area contributed by atoms with Gasteiger partial charge < -0.3 is 21.2 Å². The fourth-order valence-corrected chi connectivity index (χ4v) is 1.99. The quantitative estimate of drug-likeness (QED) is 0.457. The van der Waals surface area contributed by atoms with Crippen molar-refractivity contribution in [2.45, 2.75) is 24.1 Å². The zero-order valence-electron chi connectivity index (χ0n) is 10.1. The molecule has 2 atom stereocenters. The zero-order chi connectivity index (χ0) is 13.3. The summed E-state index contributed by atoms with van der Waals surface area (Å²) in [6.45, 7) is 0.174. The second-order valence-corrected chi connectivity index (χ2v) is 4.56. The van der Waals surface area contributed by atoms with Crippen LogP contribution in [0, 0.1) is 0 Å². The van der Waals surface area contributed by atoms with E-state index in [1.165, 1.54) is 11.8 Å². The van der Waals surface area contributed by atoms with Crippen molar-refractivity contribution in [1.29, 1.82) is 0 Å². The van der Waals surface area contributed by atoms with E-state index in [1.807, 2.05) is 0 Å². The van der Waals surface area contributed by atoms with Gasteiger partial charge in [0.05, 0.1) is 11.8 Å². The van der Waals surface area contributed by atoms with Crippen LogP contribution in [-0.4, -0.2) is 49.2 Å². The van der Waals surface area contributed by atoms with Crippen LogP contribution < -0.4 is 16.4 Å². The number of rotatable bonds is 9. The highest BCUT2D eigenvalue weighted by Gasteiger charge is 2.22. The third-order valence-corrected chi connectivity index (χ3v) is 3.17. The van der Waals surface area contributed by atoms with Crippen molar-refractivity contribution in [3.05, 3.63) is 0 Å². The van der Waals surface area contributed by atoms with Crippen molar-refractivity contribution in [2.24, 2.45) is 5.73 Å². The number of hydrogen-bond donors (Lipinski definition) is 3. The molecular weight excluding hydrogens is 242 g/mol. The van der Waals surface area contributed by atoms with Gasteiger partial charge in [0.2, 0.25) is 11.8 Å². The summed E-state index contributed by atoms with van der Waals surface area (Å²) in [6.07, 6.45) is 3.07. The molecule has 98 valence electrons. The number of nitrogens with two attached hydrogens (primary N) is 1. The Morgan fingerprint density at radius 3 is 2.53 bits per heavy atom. The third kappa shape index (κ3) is 6.96. The first-order chi connectivity index (χ1) is 8.04. The molecule has 6 nitrogen and oxygen atoms in total. The summed E-state index contributed by atoms with van der Waals surface area (Å²) in [6, 6.07) is -0.365. The topological polar surface area (TPSA) is 101 Å². The van der Waals surface area contributed by atoms with Crippen molar-refractivity contribution >= 4 is 29.9 Å². The number of carbonyl (C=O) groups excluding carboxylic acids is 3. The van der Waals surface area contributed by atoms with E-state index in [-0.39, 0.29) is 30.2 Å². The average molecular weight is 261 g/mol. The molecule has 0 rings (SSSR count).